The lowest BCUT2D eigenvalue weighted by atomic mass is 10.3. The topological polar surface area (TPSA) is 100 Å². The molecule has 0 aliphatic heterocycles. The Hall–Kier alpha value is -1.40. The third kappa shape index (κ3) is 3.39. The second-order valence-electron chi connectivity index (χ2n) is 6.14. The van der Waals surface area contributed by atoms with E-state index in [2.05, 4.69) is 14.7 Å². The van der Waals surface area contributed by atoms with Crippen LogP contribution in [-0.2, 0) is 10.0 Å². The van der Waals surface area contributed by atoms with E-state index in [-0.39, 0.29) is 25.6 Å². The summed E-state index contributed by atoms with van der Waals surface area (Å²) < 4.78 is 55.5. The van der Waals surface area contributed by atoms with E-state index >= 15 is 0 Å². The van der Waals surface area contributed by atoms with E-state index in [1.807, 2.05) is 28.7 Å². The van der Waals surface area contributed by atoms with E-state index in [9.17, 15) is 17.2 Å². The van der Waals surface area contributed by atoms with Crippen LogP contribution in [-0.4, -0.2) is 28.3 Å². The molecule has 1 saturated carbocycles. The number of nitrogens with zero attached hydrogens (tertiary/aromatic N) is 4. The fourth-order valence-electron chi connectivity index (χ4n) is 2.57. The number of alkyl halides is 2. The largest absolute Gasteiger partial charge is 0.294 e. The van der Waals surface area contributed by atoms with Crippen LogP contribution in [0.4, 0.5) is 8.78 Å². The molecule has 0 saturated heterocycles. The summed E-state index contributed by atoms with van der Waals surface area (Å²) in [6.07, 6.45) is 0.558. The Morgan fingerprint density at radius 3 is 2.75 bits per heavy atom. The van der Waals surface area contributed by atoms with Crippen molar-refractivity contribution in [2.24, 2.45) is 0 Å². The summed E-state index contributed by atoms with van der Waals surface area (Å²) in [4.78, 5) is 7.92. The molecule has 1 aliphatic carbocycles. The van der Waals surface area contributed by atoms with Gasteiger partial charge in [-0.3, -0.25) is 4.40 Å². The average Bonchev–Trinajstić information content (AvgIpc) is 3.07. The molecule has 7 nitrogen and oxygen atoms in total. The Balaban J connectivity index is 1.86. The number of hydrogen-bond donors (Lipinski definition) is 1. The Morgan fingerprint density at radius 1 is 1.46 bits per heavy atom. The van der Waals surface area contributed by atoms with Crippen LogP contribution in [0.2, 0.25) is 5.02 Å². The first-order valence-corrected chi connectivity index (χ1v) is 11.5. The smallest absolute Gasteiger partial charge is 0.274 e. The zero-order valence-corrected chi connectivity index (χ0v) is 18.2. The van der Waals surface area contributed by atoms with Crippen LogP contribution in [0.1, 0.15) is 24.1 Å². The summed E-state index contributed by atoms with van der Waals surface area (Å²) in [5.41, 5.74) is -0.653. The van der Waals surface area contributed by atoms with E-state index in [1.54, 1.807) is 0 Å². The summed E-state index contributed by atoms with van der Waals surface area (Å²) in [6.45, 7) is 0. The molecule has 4 rings (SSSR count). The van der Waals surface area contributed by atoms with Crippen LogP contribution >= 0.6 is 45.5 Å². The van der Waals surface area contributed by atoms with Gasteiger partial charge < -0.3 is 0 Å². The van der Waals surface area contributed by atoms with Crippen molar-refractivity contribution in [2.45, 2.75) is 29.7 Å². The molecule has 1 N–H and O–H groups in total. The molecule has 1 fully saturated rings. The third-order valence-electron chi connectivity index (χ3n) is 4.15. The highest BCUT2D eigenvalue weighted by Gasteiger charge is 2.47. The number of nitriles is 1. The third-order valence-corrected chi connectivity index (χ3v) is 7.70. The molecule has 0 aromatic carbocycles. The number of hydrogen-bond acceptors (Lipinski definition) is 6. The van der Waals surface area contributed by atoms with Gasteiger partial charge in [0.2, 0.25) is 10.0 Å². The molecule has 0 atom stereocenters. The van der Waals surface area contributed by atoms with Crippen LogP contribution in [0.25, 0.3) is 16.3 Å². The molecule has 3 aromatic heterocycles. The Morgan fingerprint density at radius 2 is 2.18 bits per heavy atom. The molecule has 0 radical (unpaired) electrons. The number of fused-ring (bicyclic) bond motifs is 1. The first-order valence-electron chi connectivity index (χ1n) is 7.72. The van der Waals surface area contributed by atoms with Crippen molar-refractivity contribution in [3.8, 4) is 16.9 Å². The Bertz CT molecular complexity index is 1250. The predicted molar refractivity (Wildman–Crippen MR) is 107 cm³/mol. The molecule has 1 aliphatic rings. The fraction of sp³-hybridized carbons (Fsp3) is 0.267. The second-order valence-corrected chi connectivity index (χ2v) is 10.3. The summed E-state index contributed by atoms with van der Waals surface area (Å²) in [6, 6.07) is 3.23. The highest BCUT2D eigenvalue weighted by Crippen LogP contribution is 2.38. The van der Waals surface area contributed by atoms with Crippen molar-refractivity contribution in [3.63, 3.8) is 0 Å². The quantitative estimate of drug-likeness (QED) is 0.480. The summed E-state index contributed by atoms with van der Waals surface area (Å²) >= 11 is 8.98. The van der Waals surface area contributed by atoms with Gasteiger partial charge in [0, 0.05) is 12.4 Å². The molecule has 0 amide bonds. The molecule has 0 unspecified atom stereocenters. The van der Waals surface area contributed by atoms with Crippen molar-refractivity contribution in [3.05, 3.63) is 32.1 Å². The van der Waals surface area contributed by atoms with Crippen molar-refractivity contribution in [1.82, 2.24) is 19.1 Å². The van der Waals surface area contributed by atoms with E-state index in [1.165, 1.54) is 16.7 Å². The zero-order valence-electron chi connectivity index (χ0n) is 13.7. The number of pyridine rings is 1. The number of rotatable bonds is 5. The number of aromatic nitrogens is 3. The molecule has 0 bridgehead atoms. The maximum Gasteiger partial charge on any atom is 0.274 e. The van der Waals surface area contributed by atoms with Crippen LogP contribution in [0.5, 0.6) is 0 Å². The minimum absolute atomic E-state index is 0.124. The number of nitrogens with one attached hydrogen (secondary N) is 1. The normalized spacial score (nSPS) is 15.9. The van der Waals surface area contributed by atoms with Gasteiger partial charge in [0.25, 0.3) is 6.43 Å². The highest BCUT2D eigenvalue weighted by molar-refractivity contribution is 14.1. The molecule has 146 valence electrons. The zero-order chi connectivity index (χ0) is 20.3. The first-order chi connectivity index (χ1) is 13.2. The lowest BCUT2D eigenvalue weighted by Gasteiger charge is -2.11. The van der Waals surface area contributed by atoms with Crippen LogP contribution in [0, 0.1) is 15.0 Å². The van der Waals surface area contributed by atoms with Gasteiger partial charge in [-0.15, -0.1) is 11.3 Å². The van der Waals surface area contributed by atoms with Crippen LogP contribution < -0.4 is 4.72 Å². The molecule has 28 heavy (non-hydrogen) atoms. The Labute approximate surface area is 180 Å². The van der Waals surface area contributed by atoms with Crippen molar-refractivity contribution in [2.75, 3.05) is 0 Å². The van der Waals surface area contributed by atoms with Crippen LogP contribution in [0.3, 0.4) is 0 Å². The van der Waals surface area contributed by atoms with Gasteiger partial charge in [0.05, 0.1) is 21.5 Å². The lowest BCUT2D eigenvalue weighted by molar-refractivity contribution is 0.155. The molecular formula is C15H9ClF2IN5O2S2. The number of halogens is 4. The summed E-state index contributed by atoms with van der Waals surface area (Å²) in [5.74, 6) is 0.205. The van der Waals surface area contributed by atoms with Gasteiger partial charge in [-0.1, -0.05) is 11.6 Å². The van der Waals surface area contributed by atoms with E-state index < -0.39 is 22.0 Å². The standard InChI is InChI=1S/C15H9ClF2IN5O2S2/c16-8-3-7(28(25,26)23-15(6-20)1-2-15)5-24-10(8)12(19)22-13(24)14-21-4-9(27-14)11(17)18/h3-5,11,23H,1-2H2. The van der Waals surface area contributed by atoms with Gasteiger partial charge in [-0.2, -0.15) is 9.98 Å². The molecule has 3 aromatic rings. The van der Waals surface area contributed by atoms with Crippen LogP contribution in [0.15, 0.2) is 23.4 Å². The van der Waals surface area contributed by atoms with Gasteiger partial charge in [0.1, 0.15) is 14.1 Å². The van der Waals surface area contributed by atoms with Gasteiger partial charge in [-0.25, -0.2) is 27.2 Å². The molecule has 13 heteroatoms. The SMILES string of the molecule is N#CC1(NS(=O)(=O)c2cc(Cl)c3c(I)nc(-c4ncc(C(F)F)s4)n3c2)CC1. The van der Waals surface area contributed by atoms with E-state index in [0.717, 1.165) is 17.5 Å². The maximum atomic E-state index is 12.9. The first kappa shape index (κ1) is 19.9. The van der Waals surface area contributed by atoms with E-state index in [0.29, 0.717) is 22.1 Å². The average molecular weight is 556 g/mol. The molecular weight excluding hydrogens is 547 g/mol. The molecule has 3 heterocycles. The minimum Gasteiger partial charge on any atom is -0.294 e. The number of thiazole rings is 1. The van der Waals surface area contributed by atoms with E-state index in [4.69, 9.17) is 16.9 Å². The lowest BCUT2D eigenvalue weighted by Crippen LogP contribution is -2.35. The number of sulfonamides is 1. The highest BCUT2D eigenvalue weighted by atomic mass is 127. The molecule has 0 spiro atoms. The second kappa shape index (κ2) is 6.84. The fourth-order valence-corrected chi connectivity index (χ4v) is 6.03. The van der Waals surface area contributed by atoms with Crippen molar-refractivity contribution >= 4 is 61.1 Å². The summed E-state index contributed by atoms with van der Waals surface area (Å²) in [5, 5.41) is 9.48. The summed E-state index contributed by atoms with van der Waals surface area (Å²) in [7, 11) is -4.02. The minimum atomic E-state index is -4.02. The number of imidazole rings is 1. The maximum absolute atomic E-state index is 12.9. The predicted octanol–water partition coefficient (Wildman–Crippen LogP) is 3.99. The van der Waals surface area contributed by atoms with Gasteiger partial charge >= 0.3 is 0 Å². The van der Waals surface area contributed by atoms with Crippen molar-refractivity contribution < 1.29 is 17.2 Å². The van der Waals surface area contributed by atoms with Crippen molar-refractivity contribution in [1.29, 1.82) is 5.26 Å². The Kier molecular flexibility index (Phi) is 4.86. The van der Waals surface area contributed by atoms with Gasteiger partial charge in [0.15, 0.2) is 10.8 Å². The van der Waals surface area contributed by atoms with Gasteiger partial charge in [-0.05, 0) is 41.5 Å². The monoisotopic (exact) mass is 555 g/mol.